The fourth-order valence-corrected chi connectivity index (χ4v) is 2.62. The number of ether oxygens (including phenoxy) is 1. The summed E-state index contributed by atoms with van der Waals surface area (Å²) in [4.78, 5) is 24.8. The van der Waals surface area contributed by atoms with Crippen molar-refractivity contribution in [3.8, 4) is 0 Å². The summed E-state index contributed by atoms with van der Waals surface area (Å²) in [6.07, 6.45) is 5.65. The zero-order valence-electron chi connectivity index (χ0n) is 14.3. The van der Waals surface area contributed by atoms with Crippen molar-refractivity contribution >= 4 is 11.9 Å². The smallest absolute Gasteiger partial charge is 0.315 e. The minimum absolute atomic E-state index is 0.220. The van der Waals surface area contributed by atoms with E-state index in [0.717, 1.165) is 4.68 Å². The number of rotatable bonds is 6. The first-order valence-corrected chi connectivity index (χ1v) is 7.95. The zero-order valence-corrected chi connectivity index (χ0v) is 14.3. The van der Waals surface area contributed by atoms with Crippen LogP contribution in [0.25, 0.3) is 0 Å². The van der Waals surface area contributed by atoms with Crippen LogP contribution in [0, 0.1) is 5.92 Å². The second-order valence-corrected chi connectivity index (χ2v) is 6.03. The van der Waals surface area contributed by atoms with Crippen LogP contribution in [0.2, 0.25) is 0 Å². The number of nitrogens with one attached hydrogen (secondary N) is 1. The molecule has 0 fully saturated rings. The molecule has 25 heavy (non-hydrogen) atoms. The number of allylic oxidation sites excluding steroid dienone is 2. The van der Waals surface area contributed by atoms with Gasteiger partial charge < -0.3 is 10.1 Å². The van der Waals surface area contributed by atoms with Gasteiger partial charge in [-0.3, -0.25) is 14.3 Å². The maximum absolute atomic E-state index is 13.1. The molecule has 1 aliphatic rings. The lowest BCUT2D eigenvalue weighted by atomic mass is 9.82. The fourth-order valence-electron chi connectivity index (χ4n) is 2.62. The number of carbonyl (C=O) groups excluding carboxylic acids is 2. The number of aryl methyl sites for hydroxylation is 1. The quantitative estimate of drug-likeness (QED) is 0.798. The van der Waals surface area contributed by atoms with Crippen molar-refractivity contribution < 1.29 is 23.1 Å². The summed E-state index contributed by atoms with van der Waals surface area (Å²) in [5, 5.41) is 6.29. The lowest BCUT2D eigenvalue weighted by Gasteiger charge is -2.34. The first kappa shape index (κ1) is 18.8. The highest BCUT2D eigenvalue weighted by atomic mass is 19.3. The van der Waals surface area contributed by atoms with Crippen molar-refractivity contribution in [3.05, 3.63) is 41.8 Å². The number of hydrogen-bond acceptors (Lipinski definition) is 4. The van der Waals surface area contributed by atoms with E-state index in [1.54, 1.807) is 31.2 Å². The van der Waals surface area contributed by atoms with Crippen LogP contribution < -0.4 is 5.32 Å². The predicted molar refractivity (Wildman–Crippen MR) is 87.1 cm³/mol. The van der Waals surface area contributed by atoms with Gasteiger partial charge in [0.25, 0.3) is 12.3 Å². The van der Waals surface area contributed by atoms with Gasteiger partial charge in [0.2, 0.25) is 0 Å². The summed E-state index contributed by atoms with van der Waals surface area (Å²) in [6.45, 7) is 3.79. The molecule has 1 aromatic rings. The van der Waals surface area contributed by atoms with Crippen molar-refractivity contribution in [1.82, 2.24) is 15.1 Å². The molecule has 0 spiro atoms. The molecular formula is C17H21F2N3O3. The van der Waals surface area contributed by atoms with E-state index in [1.807, 2.05) is 6.92 Å². The van der Waals surface area contributed by atoms with Crippen LogP contribution in [0.1, 0.15) is 42.7 Å². The Morgan fingerprint density at radius 1 is 1.44 bits per heavy atom. The van der Waals surface area contributed by atoms with Gasteiger partial charge in [0.15, 0.2) is 0 Å². The monoisotopic (exact) mass is 353 g/mol. The average molecular weight is 353 g/mol. The Balaban J connectivity index is 2.24. The molecule has 0 aromatic carbocycles. The van der Waals surface area contributed by atoms with Gasteiger partial charge in [-0.2, -0.15) is 5.10 Å². The zero-order chi connectivity index (χ0) is 18.6. The van der Waals surface area contributed by atoms with Gasteiger partial charge in [-0.05, 0) is 13.3 Å². The number of amides is 1. The predicted octanol–water partition coefficient (Wildman–Crippen LogP) is 2.54. The number of nitrogens with zero attached hydrogens (tertiary/aromatic N) is 2. The van der Waals surface area contributed by atoms with Crippen molar-refractivity contribution in [3.63, 3.8) is 0 Å². The number of halogens is 2. The van der Waals surface area contributed by atoms with Crippen LogP contribution >= 0.6 is 0 Å². The molecule has 1 amide bonds. The van der Waals surface area contributed by atoms with E-state index in [4.69, 9.17) is 4.74 Å². The van der Waals surface area contributed by atoms with E-state index in [1.165, 1.54) is 13.2 Å². The van der Waals surface area contributed by atoms with Gasteiger partial charge in [0.05, 0.1) is 17.7 Å². The normalized spacial score (nSPS) is 22.2. The van der Waals surface area contributed by atoms with Crippen LogP contribution in [0.3, 0.4) is 0 Å². The van der Waals surface area contributed by atoms with Crippen molar-refractivity contribution in [2.45, 2.75) is 32.2 Å². The molecule has 0 saturated carbocycles. The summed E-state index contributed by atoms with van der Waals surface area (Å²) in [5.74, 6) is -1.95. The van der Waals surface area contributed by atoms with Crippen LogP contribution in [-0.2, 0) is 16.6 Å². The van der Waals surface area contributed by atoms with Gasteiger partial charge in [-0.25, -0.2) is 8.78 Å². The molecule has 1 N–H and O–H groups in total. The Kier molecular flexibility index (Phi) is 5.71. The molecule has 1 unspecified atom stereocenters. The Labute approximate surface area is 144 Å². The summed E-state index contributed by atoms with van der Waals surface area (Å²) in [6, 6.07) is 0. The van der Waals surface area contributed by atoms with Gasteiger partial charge in [-0.15, -0.1) is 0 Å². The van der Waals surface area contributed by atoms with E-state index in [-0.39, 0.29) is 12.2 Å². The van der Waals surface area contributed by atoms with Gasteiger partial charge in [0.1, 0.15) is 11.6 Å². The molecule has 0 aliphatic heterocycles. The summed E-state index contributed by atoms with van der Waals surface area (Å²) in [7, 11) is 1.46. The van der Waals surface area contributed by atoms with E-state index < -0.39 is 35.5 Å². The topological polar surface area (TPSA) is 73.2 Å². The summed E-state index contributed by atoms with van der Waals surface area (Å²) < 4.78 is 32.5. The number of carbonyl (C=O) groups is 2. The van der Waals surface area contributed by atoms with Crippen molar-refractivity contribution in [2.24, 2.45) is 13.0 Å². The Morgan fingerprint density at radius 2 is 2.16 bits per heavy atom. The molecule has 6 nitrogen and oxygen atoms in total. The van der Waals surface area contributed by atoms with Gasteiger partial charge in [-0.1, -0.05) is 31.2 Å². The third-order valence-corrected chi connectivity index (χ3v) is 3.90. The third-order valence-electron chi connectivity index (χ3n) is 3.90. The molecule has 136 valence electrons. The maximum atomic E-state index is 13.1. The van der Waals surface area contributed by atoms with Crippen LogP contribution in [0.5, 0.6) is 0 Å². The SMILES string of the molecule is CCCOC(=O)[C@H]1C=CC=CC1(C)NC(=O)c1cn(C)nc1C(F)F. The van der Waals surface area contributed by atoms with E-state index in [0.29, 0.717) is 6.42 Å². The van der Waals surface area contributed by atoms with Gasteiger partial charge in [0, 0.05) is 13.2 Å². The highest BCUT2D eigenvalue weighted by Gasteiger charge is 2.40. The van der Waals surface area contributed by atoms with Crippen LogP contribution in [0.4, 0.5) is 8.78 Å². The fraction of sp³-hybridized carbons (Fsp3) is 0.471. The minimum Gasteiger partial charge on any atom is -0.465 e. The van der Waals surface area contributed by atoms with Crippen molar-refractivity contribution in [1.29, 1.82) is 0 Å². The average Bonchev–Trinajstić information content (AvgIpc) is 2.95. The summed E-state index contributed by atoms with van der Waals surface area (Å²) >= 11 is 0. The highest BCUT2D eigenvalue weighted by molar-refractivity contribution is 5.96. The van der Waals surface area contributed by atoms with E-state index >= 15 is 0 Å². The molecule has 2 rings (SSSR count). The Bertz CT molecular complexity index is 712. The first-order chi connectivity index (χ1) is 11.8. The Hall–Kier alpha value is -2.51. The van der Waals surface area contributed by atoms with E-state index in [9.17, 15) is 18.4 Å². The van der Waals surface area contributed by atoms with Crippen LogP contribution in [0.15, 0.2) is 30.5 Å². The molecule has 0 bridgehead atoms. The van der Waals surface area contributed by atoms with Crippen LogP contribution in [-0.4, -0.2) is 33.8 Å². The molecule has 2 atom stereocenters. The van der Waals surface area contributed by atoms with Gasteiger partial charge >= 0.3 is 5.97 Å². The largest absolute Gasteiger partial charge is 0.465 e. The number of alkyl halides is 2. The second kappa shape index (κ2) is 7.58. The molecule has 8 heteroatoms. The minimum atomic E-state index is -2.87. The third kappa shape index (κ3) is 4.12. The molecular weight excluding hydrogens is 332 g/mol. The molecule has 0 saturated heterocycles. The molecule has 1 aliphatic carbocycles. The number of aromatic nitrogens is 2. The highest BCUT2D eigenvalue weighted by Crippen LogP contribution is 2.27. The number of hydrogen-bond donors (Lipinski definition) is 1. The lowest BCUT2D eigenvalue weighted by Crippen LogP contribution is -2.53. The number of esters is 1. The lowest BCUT2D eigenvalue weighted by molar-refractivity contribution is -0.148. The second-order valence-electron chi connectivity index (χ2n) is 6.03. The molecule has 0 radical (unpaired) electrons. The Morgan fingerprint density at radius 3 is 2.80 bits per heavy atom. The van der Waals surface area contributed by atoms with E-state index in [2.05, 4.69) is 10.4 Å². The standard InChI is InChI=1S/C17H21F2N3O3/c1-4-9-25-16(24)12-7-5-6-8-17(12,2)20-15(23)11-10-22(3)21-13(11)14(18)19/h5-8,10,12,14H,4,9H2,1-3H3,(H,20,23)/t12-,17?/m1/s1. The maximum Gasteiger partial charge on any atom is 0.315 e. The summed E-state index contributed by atoms with van der Waals surface area (Å²) in [5.41, 5.74) is -1.90. The molecule has 1 aromatic heterocycles. The van der Waals surface area contributed by atoms with Crippen molar-refractivity contribution in [2.75, 3.05) is 6.61 Å². The first-order valence-electron chi connectivity index (χ1n) is 7.95. The molecule has 1 heterocycles.